The first kappa shape index (κ1) is 42.7. The van der Waals surface area contributed by atoms with Crippen molar-refractivity contribution in [3.63, 3.8) is 0 Å². The molecule has 0 aromatic heterocycles. The average molecular weight is 662 g/mol. The maximum atomic E-state index is 12.7. The quantitative estimate of drug-likeness (QED) is 0.0527. The summed E-state index contributed by atoms with van der Waals surface area (Å²) in [5.41, 5.74) is 0. The molecule has 7 unspecified atom stereocenters. The number of aliphatic hydroxyl groups is 5. The van der Waals surface area contributed by atoms with Crippen molar-refractivity contribution in [2.45, 2.75) is 147 Å². The van der Waals surface area contributed by atoms with Gasteiger partial charge in [-0.25, -0.2) is 0 Å². The number of aliphatic hydroxyl groups excluding tert-OH is 5. The SMILES string of the molecule is CC/C=C\C/C=C\C/C=C\C/C=C\C/C=C\CC(=O)NC(COC1OC(CO)C(O)C(O)C1O)C(O)/C=C/CCCCCCCCC. The molecule has 0 spiro atoms. The van der Waals surface area contributed by atoms with Crippen LogP contribution in [0.15, 0.2) is 72.9 Å². The molecule has 0 aromatic rings. The lowest BCUT2D eigenvalue weighted by molar-refractivity contribution is -0.302. The lowest BCUT2D eigenvalue weighted by atomic mass is 9.99. The van der Waals surface area contributed by atoms with Crippen LogP contribution < -0.4 is 5.32 Å². The minimum Gasteiger partial charge on any atom is -0.394 e. The van der Waals surface area contributed by atoms with E-state index in [0.717, 1.165) is 44.9 Å². The first-order chi connectivity index (χ1) is 22.8. The van der Waals surface area contributed by atoms with Crippen molar-refractivity contribution in [2.75, 3.05) is 13.2 Å². The van der Waals surface area contributed by atoms with Crippen molar-refractivity contribution in [1.29, 1.82) is 0 Å². The van der Waals surface area contributed by atoms with Gasteiger partial charge in [-0.1, -0.05) is 125 Å². The van der Waals surface area contributed by atoms with Crippen LogP contribution in [-0.4, -0.2) is 87.5 Å². The van der Waals surface area contributed by atoms with Crippen LogP contribution in [0.1, 0.15) is 104 Å². The van der Waals surface area contributed by atoms with E-state index in [1.165, 1.54) is 32.1 Å². The number of unbranched alkanes of at least 4 members (excludes halogenated alkanes) is 7. The second-order valence-electron chi connectivity index (χ2n) is 11.9. The topological polar surface area (TPSA) is 149 Å². The summed E-state index contributed by atoms with van der Waals surface area (Å²) in [4.78, 5) is 12.7. The van der Waals surface area contributed by atoms with E-state index < -0.39 is 49.5 Å². The molecular weight excluding hydrogens is 598 g/mol. The van der Waals surface area contributed by atoms with Crippen LogP contribution in [0.4, 0.5) is 0 Å². The van der Waals surface area contributed by atoms with Crippen LogP contribution in [0, 0.1) is 0 Å². The van der Waals surface area contributed by atoms with Gasteiger partial charge in [-0.2, -0.15) is 0 Å². The lowest BCUT2D eigenvalue weighted by Crippen LogP contribution is -2.60. The van der Waals surface area contributed by atoms with Crippen LogP contribution in [0.5, 0.6) is 0 Å². The summed E-state index contributed by atoms with van der Waals surface area (Å²) < 4.78 is 11.1. The third kappa shape index (κ3) is 20.6. The number of hydrogen-bond acceptors (Lipinski definition) is 8. The second-order valence-corrected chi connectivity index (χ2v) is 11.9. The fraction of sp³-hybridized carbons (Fsp3) is 0.658. The number of carbonyl (C=O) groups excluding carboxylic acids is 1. The Hall–Kier alpha value is -2.37. The Balaban J connectivity index is 2.57. The molecule has 268 valence electrons. The van der Waals surface area contributed by atoms with Gasteiger partial charge < -0.3 is 40.3 Å². The highest BCUT2D eigenvalue weighted by Gasteiger charge is 2.44. The molecule has 0 aliphatic carbocycles. The molecule has 1 aliphatic rings. The molecule has 9 heteroatoms. The van der Waals surface area contributed by atoms with E-state index in [9.17, 15) is 30.3 Å². The number of nitrogens with one attached hydrogen (secondary N) is 1. The summed E-state index contributed by atoms with van der Waals surface area (Å²) in [7, 11) is 0. The van der Waals surface area contributed by atoms with E-state index in [1.807, 2.05) is 18.2 Å². The predicted molar refractivity (Wildman–Crippen MR) is 188 cm³/mol. The molecule has 1 fully saturated rings. The summed E-state index contributed by atoms with van der Waals surface area (Å²) in [5.74, 6) is -0.312. The first-order valence-corrected chi connectivity index (χ1v) is 17.7. The van der Waals surface area contributed by atoms with Crippen molar-refractivity contribution in [3.05, 3.63) is 72.9 Å². The Bertz CT molecular complexity index is 957. The van der Waals surface area contributed by atoms with E-state index in [1.54, 1.807) is 12.2 Å². The molecule has 1 amide bonds. The van der Waals surface area contributed by atoms with E-state index >= 15 is 0 Å². The summed E-state index contributed by atoms with van der Waals surface area (Å²) in [5, 5.41) is 53.6. The number of rotatable bonds is 26. The van der Waals surface area contributed by atoms with Crippen molar-refractivity contribution in [2.24, 2.45) is 0 Å². The van der Waals surface area contributed by atoms with Crippen molar-refractivity contribution in [1.82, 2.24) is 5.32 Å². The van der Waals surface area contributed by atoms with Gasteiger partial charge in [-0.15, -0.1) is 0 Å². The highest BCUT2D eigenvalue weighted by molar-refractivity contribution is 5.77. The Morgan fingerprint density at radius 2 is 1.30 bits per heavy atom. The van der Waals surface area contributed by atoms with Crippen molar-refractivity contribution in [3.8, 4) is 0 Å². The summed E-state index contributed by atoms with van der Waals surface area (Å²) >= 11 is 0. The van der Waals surface area contributed by atoms with Gasteiger partial charge in [-0.3, -0.25) is 4.79 Å². The van der Waals surface area contributed by atoms with Crippen molar-refractivity contribution < 1.29 is 39.8 Å². The summed E-state index contributed by atoms with van der Waals surface area (Å²) in [6, 6.07) is -0.858. The molecule has 0 saturated carbocycles. The predicted octanol–water partition coefficient (Wildman–Crippen LogP) is 5.49. The zero-order valence-corrected chi connectivity index (χ0v) is 28.7. The molecule has 0 radical (unpaired) electrons. The third-order valence-corrected chi connectivity index (χ3v) is 7.82. The Kier molecular flexibility index (Phi) is 26.0. The molecule has 1 aliphatic heterocycles. The van der Waals surface area contributed by atoms with Crippen LogP contribution in [0.2, 0.25) is 0 Å². The maximum absolute atomic E-state index is 12.7. The monoisotopic (exact) mass is 661 g/mol. The van der Waals surface area contributed by atoms with Gasteiger partial charge in [0.05, 0.1) is 25.4 Å². The zero-order valence-electron chi connectivity index (χ0n) is 28.7. The minimum atomic E-state index is -1.58. The standard InChI is InChI=1S/C38H63NO8/c1-3-5-7-9-11-13-14-15-16-17-18-20-22-24-26-28-34(42)39-31(32(41)27-25-23-21-19-12-10-8-6-4-2)30-46-38-37(45)36(44)35(43)33(29-40)47-38/h5,7,11,13,15-16,18,20,24-27,31-33,35-38,40-41,43-45H,3-4,6,8-10,12,14,17,19,21-23,28-30H2,1-2H3,(H,39,42)/b7-5-,13-11-,16-15-,20-18-,26-24-,27-25+. The smallest absolute Gasteiger partial charge is 0.224 e. The van der Waals surface area contributed by atoms with E-state index in [2.05, 4.69) is 61.7 Å². The molecular formula is C38H63NO8. The minimum absolute atomic E-state index is 0.110. The zero-order chi connectivity index (χ0) is 34.5. The highest BCUT2D eigenvalue weighted by Crippen LogP contribution is 2.22. The van der Waals surface area contributed by atoms with Gasteiger partial charge in [0.2, 0.25) is 5.91 Å². The number of allylic oxidation sites excluding steroid dienone is 10. The molecule has 47 heavy (non-hydrogen) atoms. The highest BCUT2D eigenvalue weighted by atomic mass is 16.7. The van der Waals surface area contributed by atoms with Gasteiger partial charge in [-0.05, 0) is 44.9 Å². The Morgan fingerprint density at radius 1 is 0.745 bits per heavy atom. The number of ether oxygens (including phenoxy) is 2. The van der Waals surface area contributed by atoms with Gasteiger partial charge in [0, 0.05) is 6.42 Å². The Labute approximate surface area is 283 Å². The molecule has 9 nitrogen and oxygen atoms in total. The van der Waals surface area contributed by atoms with Crippen LogP contribution in [0.25, 0.3) is 0 Å². The van der Waals surface area contributed by atoms with Crippen LogP contribution >= 0.6 is 0 Å². The van der Waals surface area contributed by atoms with Gasteiger partial charge >= 0.3 is 0 Å². The normalized spacial score (nSPS) is 23.8. The molecule has 0 aromatic carbocycles. The first-order valence-electron chi connectivity index (χ1n) is 17.7. The molecule has 0 bridgehead atoms. The summed E-state index contributed by atoms with van der Waals surface area (Å²) in [6.07, 6.45) is 29.8. The largest absolute Gasteiger partial charge is 0.394 e. The molecule has 6 N–H and O–H groups in total. The molecule has 1 heterocycles. The molecule has 1 saturated heterocycles. The van der Waals surface area contributed by atoms with Crippen LogP contribution in [-0.2, 0) is 14.3 Å². The summed E-state index contributed by atoms with van der Waals surface area (Å²) in [6.45, 7) is 3.51. The van der Waals surface area contributed by atoms with Gasteiger partial charge in [0.1, 0.15) is 24.4 Å². The molecule has 1 rings (SSSR count). The number of carbonyl (C=O) groups is 1. The third-order valence-electron chi connectivity index (χ3n) is 7.82. The van der Waals surface area contributed by atoms with Crippen LogP contribution in [0.3, 0.4) is 0 Å². The number of amides is 1. The fourth-order valence-electron chi connectivity index (χ4n) is 4.93. The van der Waals surface area contributed by atoms with Gasteiger partial charge in [0.25, 0.3) is 0 Å². The van der Waals surface area contributed by atoms with E-state index in [0.29, 0.717) is 6.42 Å². The van der Waals surface area contributed by atoms with E-state index in [-0.39, 0.29) is 18.9 Å². The Morgan fingerprint density at radius 3 is 1.87 bits per heavy atom. The lowest BCUT2D eigenvalue weighted by Gasteiger charge is -2.40. The maximum Gasteiger partial charge on any atom is 0.224 e. The second kappa shape index (κ2) is 28.6. The van der Waals surface area contributed by atoms with Crippen molar-refractivity contribution >= 4 is 5.91 Å². The fourth-order valence-corrected chi connectivity index (χ4v) is 4.93. The molecule has 7 atom stereocenters. The van der Waals surface area contributed by atoms with Gasteiger partial charge in [0.15, 0.2) is 6.29 Å². The van der Waals surface area contributed by atoms with E-state index in [4.69, 9.17) is 9.47 Å². The number of hydrogen-bond donors (Lipinski definition) is 6. The average Bonchev–Trinajstić information content (AvgIpc) is 3.07.